The number of hydrogen-bond acceptors (Lipinski definition) is 2. The van der Waals surface area contributed by atoms with Crippen LogP contribution in [0.2, 0.25) is 0 Å². The van der Waals surface area contributed by atoms with Gasteiger partial charge in [0.15, 0.2) is 6.29 Å². The van der Waals surface area contributed by atoms with Crippen molar-refractivity contribution < 1.29 is 9.47 Å². The molecule has 0 aliphatic rings. The summed E-state index contributed by atoms with van der Waals surface area (Å²) in [5.41, 5.74) is 0. The Hall–Kier alpha value is -1.11. The lowest BCUT2D eigenvalue weighted by atomic mass is 10.2. The van der Waals surface area contributed by atoms with E-state index < -0.39 is 0 Å². The first kappa shape index (κ1) is 23.9. The van der Waals surface area contributed by atoms with Crippen LogP contribution in [0, 0.1) is 6.57 Å². The van der Waals surface area contributed by atoms with Gasteiger partial charge in [0.05, 0.1) is 13.2 Å². The van der Waals surface area contributed by atoms with Gasteiger partial charge in [0, 0.05) is 6.42 Å². The third-order valence-electron chi connectivity index (χ3n) is 3.92. The maximum Gasteiger partial charge on any atom is 0.214 e. The zero-order chi connectivity index (χ0) is 18.4. The van der Waals surface area contributed by atoms with Crippen LogP contribution < -0.4 is 0 Å². The molecular formula is C22H39NO2. The molecule has 0 aliphatic carbocycles. The highest BCUT2D eigenvalue weighted by molar-refractivity contribution is 4.82. The second kappa shape index (κ2) is 20.9. The van der Waals surface area contributed by atoms with Gasteiger partial charge in [0.1, 0.15) is 0 Å². The Morgan fingerprint density at radius 2 is 1.28 bits per heavy atom. The SMILES string of the molecule is [C-]#[N+]CCCCC(OCC/C=C\CCCC)OCC/C=C\CCCC. The van der Waals surface area contributed by atoms with Gasteiger partial charge in [0.25, 0.3) is 0 Å². The van der Waals surface area contributed by atoms with Crippen molar-refractivity contribution in [3.63, 3.8) is 0 Å². The van der Waals surface area contributed by atoms with Crippen LogP contribution in [-0.4, -0.2) is 26.0 Å². The first-order chi connectivity index (χ1) is 12.3. The predicted octanol–water partition coefficient (Wildman–Crippen LogP) is 6.71. The van der Waals surface area contributed by atoms with E-state index in [1.165, 1.54) is 25.7 Å². The lowest BCUT2D eigenvalue weighted by Crippen LogP contribution is -2.18. The fourth-order valence-electron chi connectivity index (χ4n) is 2.37. The summed E-state index contributed by atoms with van der Waals surface area (Å²) in [6.07, 6.45) is 20.8. The van der Waals surface area contributed by atoms with Gasteiger partial charge in [0.2, 0.25) is 6.54 Å². The second-order valence-corrected chi connectivity index (χ2v) is 6.35. The molecule has 0 saturated heterocycles. The first-order valence-corrected chi connectivity index (χ1v) is 10.2. The van der Waals surface area contributed by atoms with Crippen molar-refractivity contribution >= 4 is 0 Å². The van der Waals surface area contributed by atoms with Crippen LogP contribution in [-0.2, 0) is 9.47 Å². The maximum absolute atomic E-state index is 6.85. The third kappa shape index (κ3) is 19.1. The summed E-state index contributed by atoms with van der Waals surface area (Å²) < 4.78 is 11.8. The van der Waals surface area contributed by atoms with Crippen molar-refractivity contribution in [3.8, 4) is 0 Å². The van der Waals surface area contributed by atoms with Crippen LogP contribution in [0.5, 0.6) is 0 Å². The predicted molar refractivity (Wildman–Crippen MR) is 108 cm³/mol. The number of nitrogens with zero attached hydrogens (tertiary/aromatic N) is 1. The quantitative estimate of drug-likeness (QED) is 0.119. The third-order valence-corrected chi connectivity index (χ3v) is 3.92. The molecule has 3 heteroatoms. The second-order valence-electron chi connectivity index (χ2n) is 6.35. The fraction of sp³-hybridized carbons (Fsp3) is 0.773. The minimum atomic E-state index is -0.126. The molecule has 0 radical (unpaired) electrons. The average molecular weight is 350 g/mol. The Kier molecular flexibility index (Phi) is 20.0. The van der Waals surface area contributed by atoms with Crippen molar-refractivity contribution in [1.82, 2.24) is 0 Å². The summed E-state index contributed by atoms with van der Waals surface area (Å²) in [7, 11) is 0. The lowest BCUT2D eigenvalue weighted by Gasteiger charge is -2.17. The molecule has 0 spiro atoms. The molecule has 3 nitrogen and oxygen atoms in total. The van der Waals surface area contributed by atoms with E-state index in [-0.39, 0.29) is 6.29 Å². The van der Waals surface area contributed by atoms with E-state index in [2.05, 4.69) is 43.0 Å². The summed E-state index contributed by atoms with van der Waals surface area (Å²) in [4.78, 5) is 3.40. The molecule has 144 valence electrons. The van der Waals surface area contributed by atoms with Crippen molar-refractivity contribution in [3.05, 3.63) is 35.7 Å². The van der Waals surface area contributed by atoms with Crippen LogP contribution in [0.4, 0.5) is 0 Å². The minimum absolute atomic E-state index is 0.126. The van der Waals surface area contributed by atoms with E-state index in [4.69, 9.17) is 16.0 Å². The zero-order valence-corrected chi connectivity index (χ0v) is 16.5. The van der Waals surface area contributed by atoms with E-state index in [1.807, 2.05) is 0 Å². The van der Waals surface area contributed by atoms with Crippen LogP contribution >= 0.6 is 0 Å². The molecule has 0 aromatic heterocycles. The molecule has 0 unspecified atom stereocenters. The molecule has 0 saturated carbocycles. The summed E-state index contributed by atoms with van der Waals surface area (Å²) in [5.74, 6) is 0. The Labute approximate surface area is 156 Å². The zero-order valence-electron chi connectivity index (χ0n) is 16.5. The molecule has 0 aromatic carbocycles. The van der Waals surface area contributed by atoms with Crippen molar-refractivity contribution in [1.29, 1.82) is 0 Å². The molecule has 0 N–H and O–H groups in total. The maximum atomic E-state index is 6.85. The normalized spacial score (nSPS) is 11.8. The van der Waals surface area contributed by atoms with Gasteiger partial charge in [-0.05, 0) is 38.5 Å². The number of hydrogen-bond donors (Lipinski definition) is 0. The Balaban J connectivity index is 3.91. The molecule has 0 rings (SSSR count). The number of rotatable bonds is 18. The van der Waals surface area contributed by atoms with Gasteiger partial charge in [-0.2, -0.15) is 0 Å². The summed E-state index contributed by atoms with van der Waals surface area (Å²) in [6, 6.07) is 0. The van der Waals surface area contributed by atoms with Crippen molar-refractivity contribution in [2.45, 2.75) is 90.8 Å². The fourth-order valence-corrected chi connectivity index (χ4v) is 2.37. The Morgan fingerprint density at radius 1 is 0.760 bits per heavy atom. The topological polar surface area (TPSA) is 22.8 Å². The van der Waals surface area contributed by atoms with Gasteiger partial charge >= 0.3 is 0 Å². The summed E-state index contributed by atoms with van der Waals surface area (Å²) in [5, 5.41) is 0. The molecule has 0 amide bonds. The Bertz CT molecular complexity index is 334. The molecule has 0 heterocycles. The smallest absolute Gasteiger partial charge is 0.214 e. The van der Waals surface area contributed by atoms with Crippen LogP contribution in [0.3, 0.4) is 0 Å². The van der Waals surface area contributed by atoms with Gasteiger partial charge in [-0.15, -0.1) is 0 Å². The number of unbranched alkanes of at least 4 members (excludes halogenated alkanes) is 5. The van der Waals surface area contributed by atoms with Gasteiger partial charge in [-0.3, -0.25) is 0 Å². The standard InChI is InChI=1S/C22H39NO2/c1-4-6-8-10-12-16-20-24-22(18-14-15-19-23-3)25-21-17-13-11-9-7-5-2/h10-13,22H,4-9,14-21H2,1-2H3/b12-10-,13-11-. The van der Waals surface area contributed by atoms with Gasteiger partial charge in [-0.1, -0.05) is 63.8 Å². The van der Waals surface area contributed by atoms with E-state index in [9.17, 15) is 0 Å². The number of ether oxygens (including phenoxy) is 2. The molecule has 0 atom stereocenters. The molecule has 25 heavy (non-hydrogen) atoms. The highest BCUT2D eigenvalue weighted by atomic mass is 16.7. The summed E-state index contributed by atoms with van der Waals surface area (Å²) in [6.45, 7) is 13.3. The highest BCUT2D eigenvalue weighted by Gasteiger charge is 2.08. The molecule has 0 aromatic rings. The van der Waals surface area contributed by atoms with Gasteiger partial charge < -0.3 is 14.3 Å². The average Bonchev–Trinajstić information content (AvgIpc) is 2.63. The van der Waals surface area contributed by atoms with E-state index in [0.29, 0.717) is 19.8 Å². The largest absolute Gasteiger partial charge is 0.352 e. The Morgan fingerprint density at radius 3 is 1.76 bits per heavy atom. The van der Waals surface area contributed by atoms with E-state index >= 15 is 0 Å². The first-order valence-electron chi connectivity index (χ1n) is 10.2. The van der Waals surface area contributed by atoms with Crippen LogP contribution in [0.1, 0.15) is 84.5 Å². The van der Waals surface area contributed by atoms with E-state index in [0.717, 1.165) is 44.9 Å². The van der Waals surface area contributed by atoms with Crippen LogP contribution in [0.15, 0.2) is 24.3 Å². The molecular weight excluding hydrogens is 310 g/mol. The molecule has 0 fully saturated rings. The van der Waals surface area contributed by atoms with Crippen molar-refractivity contribution in [2.75, 3.05) is 19.8 Å². The lowest BCUT2D eigenvalue weighted by molar-refractivity contribution is -0.144. The monoisotopic (exact) mass is 349 g/mol. The van der Waals surface area contributed by atoms with E-state index in [1.54, 1.807) is 0 Å². The number of allylic oxidation sites excluding steroid dienone is 2. The molecule has 0 aliphatic heterocycles. The molecule has 0 bridgehead atoms. The van der Waals surface area contributed by atoms with Crippen LogP contribution in [0.25, 0.3) is 4.85 Å². The van der Waals surface area contributed by atoms with Gasteiger partial charge in [-0.25, -0.2) is 6.57 Å². The highest BCUT2D eigenvalue weighted by Crippen LogP contribution is 2.09. The summed E-state index contributed by atoms with van der Waals surface area (Å²) >= 11 is 0. The van der Waals surface area contributed by atoms with Crippen molar-refractivity contribution in [2.24, 2.45) is 0 Å². The minimum Gasteiger partial charge on any atom is -0.352 e.